The van der Waals surface area contributed by atoms with Gasteiger partial charge in [0.15, 0.2) is 0 Å². The molecule has 1 aliphatic carbocycles. The maximum absolute atomic E-state index is 12.0. The Balaban J connectivity index is 2.04. The average Bonchev–Trinajstić information content (AvgIpc) is 3.09. The van der Waals surface area contributed by atoms with Crippen molar-refractivity contribution in [3.63, 3.8) is 0 Å². The summed E-state index contributed by atoms with van der Waals surface area (Å²) in [7, 11) is 1.72. The number of aryl methyl sites for hydroxylation is 1. The van der Waals surface area contributed by atoms with Crippen molar-refractivity contribution in [3.8, 4) is 0 Å². The quantitative estimate of drug-likeness (QED) is 0.808. The molecule has 1 atom stereocenters. The molecule has 2 rings (SSSR count). The summed E-state index contributed by atoms with van der Waals surface area (Å²) in [4.78, 5) is 22.7. The molecule has 1 heterocycles. The number of rotatable bonds is 5. The van der Waals surface area contributed by atoms with Gasteiger partial charge in [-0.2, -0.15) is 5.10 Å². The normalized spacial score (nSPS) is 16.3. The number of carbonyl (C=O) groups is 2. The van der Waals surface area contributed by atoms with Gasteiger partial charge in [-0.15, -0.1) is 0 Å². The highest BCUT2D eigenvalue weighted by atomic mass is 16.4. The van der Waals surface area contributed by atoms with Crippen molar-refractivity contribution in [2.75, 3.05) is 6.54 Å². The second-order valence-corrected chi connectivity index (χ2v) is 4.80. The molecule has 0 spiro atoms. The molecule has 1 aromatic rings. The van der Waals surface area contributed by atoms with E-state index in [0.29, 0.717) is 11.6 Å². The molecule has 0 bridgehead atoms. The zero-order valence-corrected chi connectivity index (χ0v) is 10.5. The topological polar surface area (TPSA) is 84.2 Å². The summed E-state index contributed by atoms with van der Waals surface area (Å²) in [5.74, 6) is -1.31. The van der Waals surface area contributed by atoms with Crippen molar-refractivity contribution in [2.45, 2.75) is 25.7 Å². The number of nitrogens with zero attached hydrogens (tertiary/aromatic N) is 2. The van der Waals surface area contributed by atoms with Crippen LogP contribution in [0.2, 0.25) is 0 Å². The molecule has 1 amide bonds. The van der Waals surface area contributed by atoms with E-state index >= 15 is 0 Å². The molecule has 6 nitrogen and oxygen atoms in total. The summed E-state index contributed by atoms with van der Waals surface area (Å²) in [6, 6.07) is 0. The van der Waals surface area contributed by atoms with Gasteiger partial charge in [-0.25, -0.2) is 0 Å². The Bertz CT molecular complexity index is 477. The molecule has 1 unspecified atom stereocenters. The number of carboxylic acid groups (broad SMARTS) is 1. The lowest BCUT2D eigenvalue weighted by molar-refractivity contribution is -0.140. The van der Waals surface area contributed by atoms with Crippen LogP contribution < -0.4 is 5.32 Å². The largest absolute Gasteiger partial charge is 0.481 e. The Morgan fingerprint density at radius 2 is 2.28 bits per heavy atom. The third kappa shape index (κ3) is 2.52. The summed E-state index contributed by atoms with van der Waals surface area (Å²) in [5.41, 5.74) is 1.52. The van der Waals surface area contributed by atoms with Crippen LogP contribution in [0.1, 0.15) is 41.7 Å². The summed E-state index contributed by atoms with van der Waals surface area (Å²) in [6.07, 6.45) is 3.92. The molecule has 2 N–H and O–H groups in total. The molecule has 0 radical (unpaired) electrons. The summed E-state index contributed by atoms with van der Waals surface area (Å²) >= 11 is 0. The van der Waals surface area contributed by atoms with Crippen molar-refractivity contribution >= 4 is 11.9 Å². The van der Waals surface area contributed by atoms with Gasteiger partial charge in [0.05, 0.1) is 12.1 Å². The van der Waals surface area contributed by atoms with Gasteiger partial charge in [0, 0.05) is 19.2 Å². The third-order valence-corrected chi connectivity index (χ3v) is 3.19. The zero-order chi connectivity index (χ0) is 13.3. The minimum absolute atomic E-state index is 0.128. The van der Waals surface area contributed by atoms with Crippen LogP contribution in [0.25, 0.3) is 0 Å². The fourth-order valence-corrected chi connectivity index (χ4v) is 1.84. The minimum Gasteiger partial charge on any atom is -0.481 e. The molecule has 0 aromatic carbocycles. The zero-order valence-electron chi connectivity index (χ0n) is 10.5. The lowest BCUT2D eigenvalue weighted by Gasteiger charge is -2.09. The molecular formula is C12H17N3O3. The number of carbonyl (C=O) groups excluding carboxylic acids is 1. The Kier molecular flexibility index (Phi) is 3.36. The van der Waals surface area contributed by atoms with Crippen molar-refractivity contribution in [1.29, 1.82) is 0 Å². The van der Waals surface area contributed by atoms with Gasteiger partial charge in [-0.1, -0.05) is 6.92 Å². The fourth-order valence-electron chi connectivity index (χ4n) is 1.84. The van der Waals surface area contributed by atoms with E-state index in [9.17, 15) is 9.59 Å². The first-order valence-corrected chi connectivity index (χ1v) is 6.03. The minimum atomic E-state index is -0.914. The van der Waals surface area contributed by atoms with Crippen molar-refractivity contribution in [1.82, 2.24) is 15.1 Å². The Morgan fingerprint density at radius 3 is 2.83 bits per heavy atom. The molecule has 1 saturated carbocycles. The van der Waals surface area contributed by atoms with Crippen LogP contribution in [0.4, 0.5) is 0 Å². The molecule has 6 heteroatoms. The van der Waals surface area contributed by atoms with E-state index in [0.717, 1.165) is 18.4 Å². The molecule has 1 fully saturated rings. The van der Waals surface area contributed by atoms with Crippen LogP contribution in [0.15, 0.2) is 6.20 Å². The molecule has 1 aliphatic rings. The van der Waals surface area contributed by atoms with Crippen LogP contribution in [0, 0.1) is 5.92 Å². The monoisotopic (exact) mass is 251 g/mol. The van der Waals surface area contributed by atoms with Crippen molar-refractivity contribution in [3.05, 3.63) is 17.5 Å². The third-order valence-electron chi connectivity index (χ3n) is 3.19. The Labute approximate surface area is 105 Å². The Morgan fingerprint density at radius 1 is 1.61 bits per heavy atom. The van der Waals surface area contributed by atoms with Gasteiger partial charge in [0.2, 0.25) is 0 Å². The van der Waals surface area contributed by atoms with Gasteiger partial charge in [-0.05, 0) is 18.8 Å². The molecule has 0 aliphatic heterocycles. The van der Waals surface area contributed by atoms with E-state index in [1.807, 2.05) is 0 Å². The number of hydrogen-bond acceptors (Lipinski definition) is 3. The number of aliphatic carboxylic acids is 1. The smallest absolute Gasteiger partial charge is 0.308 e. The van der Waals surface area contributed by atoms with Crippen LogP contribution in [-0.2, 0) is 11.8 Å². The lowest BCUT2D eigenvalue weighted by Crippen LogP contribution is -2.33. The molecule has 18 heavy (non-hydrogen) atoms. The fraction of sp³-hybridized carbons (Fsp3) is 0.583. The van der Waals surface area contributed by atoms with E-state index in [-0.39, 0.29) is 12.5 Å². The first-order valence-electron chi connectivity index (χ1n) is 6.03. The van der Waals surface area contributed by atoms with E-state index in [1.165, 1.54) is 0 Å². The van der Waals surface area contributed by atoms with Gasteiger partial charge in [0.1, 0.15) is 5.69 Å². The Hall–Kier alpha value is -1.85. The van der Waals surface area contributed by atoms with E-state index in [1.54, 1.807) is 24.9 Å². The van der Waals surface area contributed by atoms with Gasteiger partial charge < -0.3 is 10.4 Å². The maximum atomic E-state index is 12.0. The molecule has 0 saturated heterocycles. The van der Waals surface area contributed by atoms with Crippen molar-refractivity contribution in [2.24, 2.45) is 13.0 Å². The average molecular weight is 251 g/mol. The second kappa shape index (κ2) is 4.80. The number of carboxylic acids is 1. The second-order valence-electron chi connectivity index (χ2n) is 4.80. The summed E-state index contributed by atoms with van der Waals surface area (Å²) < 4.78 is 1.55. The summed E-state index contributed by atoms with van der Waals surface area (Å²) in [5, 5.41) is 15.5. The predicted octanol–water partition coefficient (Wildman–Crippen LogP) is 0.748. The SMILES string of the molecule is CC(CNC(=O)c1c(C2CC2)cnn1C)C(=O)O. The van der Waals surface area contributed by atoms with Crippen LogP contribution in [0.3, 0.4) is 0 Å². The number of aromatic nitrogens is 2. The number of hydrogen-bond donors (Lipinski definition) is 2. The van der Waals surface area contributed by atoms with E-state index in [4.69, 9.17) is 5.11 Å². The first kappa shape index (κ1) is 12.6. The highest BCUT2D eigenvalue weighted by Gasteiger charge is 2.30. The maximum Gasteiger partial charge on any atom is 0.308 e. The molecule has 1 aromatic heterocycles. The highest BCUT2D eigenvalue weighted by Crippen LogP contribution is 2.41. The summed E-state index contributed by atoms with van der Waals surface area (Å²) in [6.45, 7) is 1.69. The van der Waals surface area contributed by atoms with E-state index in [2.05, 4.69) is 10.4 Å². The molecule has 98 valence electrons. The number of nitrogens with one attached hydrogen (secondary N) is 1. The standard InChI is InChI=1S/C12H17N3O3/c1-7(12(17)18)5-13-11(16)10-9(8-3-4-8)6-14-15(10)2/h6-8H,3-5H2,1-2H3,(H,13,16)(H,17,18). The van der Waals surface area contributed by atoms with Gasteiger partial charge in [-0.3, -0.25) is 14.3 Å². The van der Waals surface area contributed by atoms with Crippen LogP contribution >= 0.6 is 0 Å². The molecular weight excluding hydrogens is 234 g/mol. The lowest BCUT2D eigenvalue weighted by atomic mass is 10.1. The first-order chi connectivity index (χ1) is 8.50. The number of amides is 1. The predicted molar refractivity (Wildman–Crippen MR) is 64.3 cm³/mol. The van der Waals surface area contributed by atoms with E-state index < -0.39 is 11.9 Å². The van der Waals surface area contributed by atoms with Crippen LogP contribution in [0.5, 0.6) is 0 Å². The highest BCUT2D eigenvalue weighted by molar-refractivity contribution is 5.94. The van der Waals surface area contributed by atoms with Gasteiger partial charge >= 0.3 is 5.97 Å². The van der Waals surface area contributed by atoms with Gasteiger partial charge in [0.25, 0.3) is 5.91 Å². The van der Waals surface area contributed by atoms with Crippen molar-refractivity contribution < 1.29 is 14.7 Å². The van der Waals surface area contributed by atoms with Crippen LogP contribution in [-0.4, -0.2) is 33.3 Å².